The number of nitrogens with one attached hydrogen (secondary N) is 1. The van der Waals surface area contributed by atoms with E-state index in [1.54, 1.807) is 30.2 Å². The maximum Gasteiger partial charge on any atom is 0.252 e. The van der Waals surface area contributed by atoms with Gasteiger partial charge >= 0.3 is 0 Å². The van der Waals surface area contributed by atoms with Gasteiger partial charge in [0, 0.05) is 17.8 Å². The number of rotatable bonds is 7. The van der Waals surface area contributed by atoms with Gasteiger partial charge in [0.25, 0.3) is 5.91 Å². The van der Waals surface area contributed by atoms with Crippen molar-refractivity contribution in [2.45, 2.75) is 32.7 Å². The van der Waals surface area contributed by atoms with Gasteiger partial charge in [-0.25, -0.2) is 0 Å². The monoisotopic (exact) mass is 396 g/mol. The Hall–Kier alpha value is -3.02. The normalized spacial score (nSPS) is 13.8. The molecule has 29 heavy (non-hydrogen) atoms. The van der Waals surface area contributed by atoms with Crippen molar-refractivity contribution in [1.29, 1.82) is 0 Å². The van der Waals surface area contributed by atoms with E-state index in [0.29, 0.717) is 30.0 Å². The van der Waals surface area contributed by atoms with E-state index >= 15 is 0 Å². The average Bonchev–Trinajstić information content (AvgIpc) is 3.15. The zero-order chi connectivity index (χ0) is 21.0. The number of para-hydroxylation sites is 1. The summed E-state index contributed by atoms with van der Waals surface area (Å²) in [6.07, 6.45) is 1.40. The third kappa shape index (κ3) is 4.53. The fourth-order valence-electron chi connectivity index (χ4n) is 3.67. The highest BCUT2D eigenvalue weighted by molar-refractivity contribution is 6.03. The molecule has 0 radical (unpaired) electrons. The minimum atomic E-state index is -0.596. The van der Waals surface area contributed by atoms with Crippen LogP contribution in [0.5, 0.6) is 11.5 Å². The van der Waals surface area contributed by atoms with Crippen molar-refractivity contribution in [1.82, 2.24) is 5.32 Å². The number of ether oxygens (including phenoxy) is 2. The van der Waals surface area contributed by atoms with Crippen LogP contribution in [0.3, 0.4) is 0 Å². The maximum atomic E-state index is 13.3. The van der Waals surface area contributed by atoms with Crippen LogP contribution in [0.15, 0.2) is 42.5 Å². The van der Waals surface area contributed by atoms with Crippen molar-refractivity contribution in [2.24, 2.45) is 5.92 Å². The van der Waals surface area contributed by atoms with E-state index in [1.807, 2.05) is 38.1 Å². The molecule has 154 valence electrons. The summed E-state index contributed by atoms with van der Waals surface area (Å²) in [6.45, 7) is 4.72. The number of nitrogens with zero attached hydrogens (tertiary/aromatic N) is 1. The molecular formula is C23H28N2O4. The summed E-state index contributed by atoms with van der Waals surface area (Å²) in [4.78, 5) is 28.0. The van der Waals surface area contributed by atoms with E-state index in [4.69, 9.17) is 9.47 Å². The Bertz CT molecular complexity index is 894. The summed E-state index contributed by atoms with van der Waals surface area (Å²) in [5, 5.41) is 2.93. The quantitative estimate of drug-likeness (QED) is 0.779. The van der Waals surface area contributed by atoms with Gasteiger partial charge in [-0.15, -0.1) is 0 Å². The topological polar surface area (TPSA) is 67.9 Å². The predicted molar refractivity (Wildman–Crippen MR) is 113 cm³/mol. The molecule has 0 saturated heterocycles. The fraction of sp³-hybridized carbons (Fsp3) is 0.391. The van der Waals surface area contributed by atoms with Crippen molar-refractivity contribution < 1.29 is 19.1 Å². The number of methoxy groups -OCH3 is 2. The number of hydrogen-bond acceptors (Lipinski definition) is 4. The molecule has 0 bridgehead atoms. The number of anilines is 1. The molecule has 1 heterocycles. The molecule has 1 aliphatic heterocycles. The van der Waals surface area contributed by atoms with Gasteiger partial charge in [0.2, 0.25) is 5.91 Å². The van der Waals surface area contributed by atoms with Crippen molar-refractivity contribution in [3.8, 4) is 11.5 Å². The lowest BCUT2D eigenvalue weighted by atomic mass is 10.0. The molecule has 0 spiro atoms. The Labute approximate surface area is 171 Å². The molecule has 2 aromatic carbocycles. The first-order valence-electron chi connectivity index (χ1n) is 9.86. The molecule has 6 heteroatoms. The number of fused-ring (bicyclic) bond motifs is 1. The molecule has 0 unspecified atom stereocenters. The van der Waals surface area contributed by atoms with Crippen LogP contribution >= 0.6 is 0 Å². The Morgan fingerprint density at radius 1 is 1.07 bits per heavy atom. The predicted octanol–water partition coefficient (Wildman–Crippen LogP) is 3.44. The number of hydrogen-bond donors (Lipinski definition) is 1. The minimum Gasteiger partial charge on any atom is -0.493 e. The Balaban J connectivity index is 1.81. The largest absolute Gasteiger partial charge is 0.493 e. The summed E-state index contributed by atoms with van der Waals surface area (Å²) in [5.41, 5.74) is 2.52. The van der Waals surface area contributed by atoms with E-state index in [0.717, 1.165) is 17.7 Å². The molecular weight excluding hydrogens is 368 g/mol. The molecule has 2 aromatic rings. The van der Waals surface area contributed by atoms with Gasteiger partial charge in [-0.3, -0.25) is 9.59 Å². The molecule has 0 fully saturated rings. The third-order valence-electron chi connectivity index (χ3n) is 5.11. The molecule has 3 rings (SSSR count). The first kappa shape index (κ1) is 20.7. The third-order valence-corrected chi connectivity index (χ3v) is 5.11. The SMILES string of the molecule is COc1ccc(C(=O)N[C@@H](CC(C)C)C(=O)N2CCc3ccccc32)cc1OC. The summed E-state index contributed by atoms with van der Waals surface area (Å²) in [6, 6.07) is 12.3. The van der Waals surface area contributed by atoms with Crippen LogP contribution in [0.1, 0.15) is 36.2 Å². The van der Waals surface area contributed by atoms with Crippen molar-refractivity contribution in [3.05, 3.63) is 53.6 Å². The fourth-order valence-corrected chi connectivity index (χ4v) is 3.67. The minimum absolute atomic E-state index is 0.0718. The van der Waals surface area contributed by atoms with E-state index in [1.165, 1.54) is 7.11 Å². The number of benzene rings is 2. The van der Waals surface area contributed by atoms with Gasteiger partial charge in [0.15, 0.2) is 11.5 Å². The molecule has 1 aliphatic rings. The van der Waals surface area contributed by atoms with Gasteiger partial charge < -0.3 is 19.7 Å². The second-order valence-corrected chi connectivity index (χ2v) is 7.59. The highest BCUT2D eigenvalue weighted by atomic mass is 16.5. The average molecular weight is 396 g/mol. The van der Waals surface area contributed by atoms with Crippen LogP contribution in [0.25, 0.3) is 0 Å². The summed E-state index contributed by atoms with van der Waals surface area (Å²) >= 11 is 0. The highest BCUT2D eigenvalue weighted by Gasteiger charge is 2.31. The smallest absolute Gasteiger partial charge is 0.252 e. The van der Waals surface area contributed by atoms with Crippen molar-refractivity contribution in [3.63, 3.8) is 0 Å². The Morgan fingerprint density at radius 2 is 1.79 bits per heavy atom. The van der Waals surface area contributed by atoms with E-state index in [2.05, 4.69) is 5.32 Å². The molecule has 1 N–H and O–H groups in total. The van der Waals surface area contributed by atoms with Crippen LogP contribution in [0, 0.1) is 5.92 Å². The zero-order valence-electron chi connectivity index (χ0n) is 17.4. The van der Waals surface area contributed by atoms with E-state index in [-0.39, 0.29) is 17.7 Å². The Morgan fingerprint density at radius 3 is 2.48 bits per heavy atom. The zero-order valence-corrected chi connectivity index (χ0v) is 17.4. The first-order valence-corrected chi connectivity index (χ1v) is 9.86. The summed E-state index contributed by atoms with van der Waals surface area (Å²) in [5.74, 6) is 0.898. The first-order chi connectivity index (χ1) is 13.9. The van der Waals surface area contributed by atoms with Crippen molar-refractivity contribution >= 4 is 17.5 Å². The van der Waals surface area contributed by atoms with Crippen LogP contribution < -0.4 is 19.7 Å². The van der Waals surface area contributed by atoms with Gasteiger partial charge in [-0.05, 0) is 48.6 Å². The molecule has 0 aliphatic carbocycles. The Kier molecular flexibility index (Phi) is 6.42. The highest BCUT2D eigenvalue weighted by Crippen LogP contribution is 2.29. The maximum absolute atomic E-state index is 13.3. The number of carbonyl (C=O) groups is 2. The van der Waals surface area contributed by atoms with Crippen LogP contribution in [0.2, 0.25) is 0 Å². The molecule has 0 saturated carbocycles. The van der Waals surface area contributed by atoms with Crippen molar-refractivity contribution in [2.75, 3.05) is 25.7 Å². The van der Waals surface area contributed by atoms with Crippen LogP contribution in [-0.4, -0.2) is 38.6 Å². The lowest BCUT2D eigenvalue weighted by molar-refractivity contribution is -0.120. The lowest BCUT2D eigenvalue weighted by Crippen LogP contribution is -2.49. The van der Waals surface area contributed by atoms with Crippen LogP contribution in [0.4, 0.5) is 5.69 Å². The van der Waals surface area contributed by atoms with Gasteiger partial charge in [0.1, 0.15) is 6.04 Å². The van der Waals surface area contributed by atoms with Gasteiger partial charge in [0.05, 0.1) is 14.2 Å². The molecule has 1 atom stereocenters. The van der Waals surface area contributed by atoms with Crippen LogP contribution in [-0.2, 0) is 11.2 Å². The van der Waals surface area contributed by atoms with Gasteiger partial charge in [-0.2, -0.15) is 0 Å². The second-order valence-electron chi connectivity index (χ2n) is 7.59. The second kappa shape index (κ2) is 8.99. The molecule has 2 amide bonds. The van der Waals surface area contributed by atoms with Gasteiger partial charge in [-0.1, -0.05) is 32.0 Å². The molecule has 0 aromatic heterocycles. The number of amides is 2. The summed E-state index contributed by atoms with van der Waals surface area (Å²) in [7, 11) is 3.07. The summed E-state index contributed by atoms with van der Waals surface area (Å²) < 4.78 is 10.5. The molecule has 6 nitrogen and oxygen atoms in total. The van der Waals surface area contributed by atoms with E-state index < -0.39 is 6.04 Å². The number of carbonyl (C=O) groups excluding carboxylic acids is 2. The van der Waals surface area contributed by atoms with E-state index in [9.17, 15) is 9.59 Å². The lowest BCUT2D eigenvalue weighted by Gasteiger charge is -2.26. The standard InChI is InChI=1S/C23H28N2O4/c1-15(2)13-18(23(27)25-12-11-16-7-5-6-8-19(16)25)24-22(26)17-9-10-20(28-3)21(14-17)29-4/h5-10,14-15,18H,11-13H2,1-4H3,(H,24,26)/t18-/m0/s1.